The molecule has 3 unspecified atom stereocenters. The fraction of sp³-hybridized carbons (Fsp3) is 0.680. The van der Waals surface area contributed by atoms with Crippen LogP contribution in [-0.4, -0.2) is 18.0 Å². The lowest BCUT2D eigenvalue weighted by atomic mass is 9.64. The third-order valence-electron chi connectivity index (χ3n) is 7.15. The van der Waals surface area contributed by atoms with Crippen molar-refractivity contribution in [3.8, 4) is 0 Å². The molecule has 1 saturated heterocycles. The number of hydrogen-bond acceptors (Lipinski definition) is 3. The van der Waals surface area contributed by atoms with Crippen molar-refractivity contribution in [2.45, 2.75) is 90.6 Å². The van der Waals surface area contributed by atoms with E-state index in [0.717, 1.165) is 43.4 Å². The highest BCUT2D eigenvalue weighted by molar-refractivity contribution is 5.29. The molecule has 0 amide bonds. The van der Waals surface area contributed by atoms with Gasteiger partial charge in [0.15, 0.2) is 6.29 Å². The van der Waals surface area contributed by atoms with Crippen molar-refractivity contribution in [3.05, 3.63) is 46.5 Å². The summed E-state index contributed by atoms with van der Waals surface area (Å²) in [6.45, 7) is 6.17. The normalized spacial score (nSPS) is 28.7. The van der Waals surface area contributed by atoms with Gasteiger partial charge in [-0.1, -0.05) is 49.3 Å². The Balaban J connectivity index is 1.36. The van der Waals surface area contributed by atoms with Crippen molar-refractivity contribution >= 4 is 0 Å². The van der Waals surface area contributed by atoms with Gasteiger partial charge in [0.05, 0.1) is 12.7 Å². The zero-order chi connectivity index (χ0) is 19.6. The van der Waals surface area contributed by atoms with Crippen LogP contribution in [0.25, 0.3) is 0 Å². The topological polar surface area (TPSA) is 38.7 Å². The monoisotopic (exact) mass is 384 g/mol. The minimum Gasteiger partial charge on any atom is -0.388 e. The maximum Gasteiger partial charge on any atom is 0.158 e. The molecule has 0 bridgehead atoms. The fourth-order valence-corrected chi connectivity index (χ4v) is 5.33. The molecule has 1 heterocycles. The van der Waals surface area contributed by atoms with Gasteiger partial charge in [-0.2, -0.15) is 0 Å². The molecule has 0 aromatic heterocycles. The first kappa shape index (κ1) is 20.1. The average molecular weight is 385 g/mol. The van der Waals surface area contributed by atoms with Gasteiger partial charge in [0.1, 0.15) is 0 Å². The summed E-state index contributed by atoms with van der Waals surface area (Å²) in [5.74, 6) is 0.342. The largest absolute Gasteiger partial charge is 0.388 e. The van der Waals surface area contributed by atoms with Gasteiger partial charge in [0, 0.05) is 6.61 Å². The van der Waals surface area contributed by atoms with Crippen molar-refractivity contribution < 1.29 is 14.6 Å². The van der Waals surface area contributed by atoms with Gasteiger partial charge in [0.25, 0.3) is 0 Å². The molecule has 0 radical (unpaired) electrons. The van der Waals surface area contributed by atoms with Crippen molar-refractivity contribution in [2.24, 2.45) is 11.3 Å². The van der Waals surface area contributed by atoms with E-state index < -0.39 is 0 Å². The van der Waals surface area contributed by atoms with Crippen LogP contribution in [0.2, 0.25) is 0 Å². The average Bonchev–Trinajstić information content (AvgIpc) is 2.72. The van der Waals surface area contributed by atoms with Gasteiger partial charge in [-0.15, -0.1) is 0 Å². The second kappa shape index (κ2) is 8.69. The summed E-state index contributed by atoms with van der Waals surface area (Å²) in [4.78, 5) is 0. The number of benzene rings is 1. The van der Waals surface area contributed by atoms with Crippen LogP contribution >= 0.6 is 0 Å². The lowest BCUT2D eigenvalue weighted by Crippen LogP contribution is -2.28. The van der Waals surface area contributed by atoms with E-state index in [2.05, 4.69) is 38.1 Å². The maximum atomic E-state index is 11.1. The molecule has 3 heteroatoms. The van der Waals surface area contributed by atoms with E-state index in [1.165, 1.54) is 32.1 Å². The molecule has 1 aromatic rings. The lowest BCUT2D eigenvalue weighted by Gasteiger charge is -2.41. The Bertz CT molecular complexity index is 682. The molecule has 28 heavy (non-hydrogen) atoms. The Morgan fingerprint density at radius 3 is 2.68 bits per heavy atom. The lowest BCUT2D eigenvalue weighted by molar-refractivity contribution is -0.168. The first-order chi connectivity index (χ1) is 13.5. The fourth-order valence-electron chi connectivity index (χ4n) is 5.33. The Labute approximate surface area is 170 Å². The Morgan fingerprint density at radius 2 is 1.93 bits per heavy atom. The zero-order valence-corrected chi connectivity index (χ0v) is 17.6. The van der Waals surface area contributed by atoms with Crippen LogP contribution in [0.5, 0.6) is 0 Å². The summed E-state index contributed by atoms with van der Waals surface area (Å²) >= 11 is 0. The summed E-state index contributed by atoms with van der Waals surface area (Å²) in [6.07, 6.45) is 10.1. The highest BCUT2D eigenvalue weighted by Gasteiger charge is 2.36. The van der Waals surface area contributed by atoms with Crippen LogP contribution in [0, 0.1) is 11.3 Å². The first-order valence-corrected chi connectivity index (χ1v) is 11.2. The van der Waals surface area contributed by atoms with Crippen molar-refractivity contribution in [3.63, 3.8) is 0 Å². The third-order valence-corrected chi connectivity index (χ3v) is 7.15. The van der Waals surface area contributed by atoms with Crippen molar-refractivity contribution in [1.82, 2.24) is 0 Å². The van der Waals surface area contributed by atoms with E-state index in [0.29, 0.717) is 17.9 Å². The summed E-state index contributed by atoms with van der Waals surface area (Å²) in [5.41, 5.74) is 5.84. The summed E-state index contributed by atoms with van der Waals surface area (Å²) < 4.78 is 11.5. The molecule has 3 nitrogen and oxygen atoms in total. The number of aliphatic hydroxyl groups excluding tert-OH is 1. The molecule has 0 spiro atoms. The SMILES string of the molecule is CC1(C)CCCC2=C1CC(C(O)c1ccc(COC3CCCCO3)cc1)CC2. The quantitative estimate of drug-likeness (QED) is 0.626. The third kappa shape index (κ3) is 4.53. The van der Waals surface area contributed by atoms with Gasteiger partial charge in [-0.3, -0.25) is 0 Å². The number of rotatable bonds is 5. The minimum atomic E-state index is -0.372. The molecule has 154 valence electrons. The van der Waals surface area contributed by atoms with Crippen LogP contribution in [0.4, 0.5) is 0 Å². The molecule has 0 saturated carbocycles. The van der Waals surface area contributed by atoms with Crippen LogP contribution in [0.1, 0.15) is 88.9 Å². The van der Waals surface area contributed by atoms with E-state index in [-0.39, 0.29) is 12.4 Å². The van der Waals surface area contributed by atoms with Crippen LogP contribution < -0.4 is 0 Å². The molecular weight excluding hydrogens is 348 g/mol. The molecular formula is C25H36O3. The number of allylic oxidation sites excluding steroid dienone is 2. The van der Waals surface area contributed by atoms with E-state index in [9.17, 15) is 5.11 Å². The highest BCUT2D eigenvalue weighted by Crippen LogP contribution is 2.49. The molecule has 1 N–H and O–H groups in total. The van der Waals surface area contributed by atoms with Gasteiger partial charge in [0.2, 0.25) is 0 Å². The van der Waals surface area contributed by atoms with Gasteiger partial charge in [-0.05, 0) is 80.2 Å². The second-order valence-electron chi connectivity index (χ2n) is 9.62. The highest BCUT2D eigenvalue weighted by atomic mass is 16.7. The van der Waals surface area contributed by atoms with Crippen molar-refractivity contribution in [1.29, 1.82) is 0 Å². The standard InChI is InChI=1S/C25H36O3/c1-25(2)14-5-6-19-12-13-21(16-22(19)25)24(26)20-10-8-18(9-11-20)17-28-23-7-3-4-15-27-23/h8-11,21,23-24,26H,3-7,12-17H2,1-2H3. The predicted octanol–water partition coefficient (Wildman–Crippen LogP) is 6.07. The predicted molar refractivity (Wildman–Crippen MR) is 112 cm³/mol. The smallest absolute Gasteiger partial charge is 0.158 e. The Hall–Kier alpha value is -1.16. The van der Waals surface area contributed by atoms with Crippen LogP contribution in [0.15, 0.2) is 35.4 Å². The van der Waals surface area contributed by atoms with Crippen LogP contribution in [0.3, 0.4) is 0 Å². The van der Waals surface area contributed by atoms with Gasteiger partial charge >= 0.3 is 0 Å². The van der Waals surface area contributed by atoms with E-state index in [1.54, 1.807) is 11.1 Å². The minimum absolute atomic E-state index is 0.0532. The molecule has 3 atom stereocenters. The first-order valence-electron chi connectivity index (χ1n) is 11.2. The summed E-state index contributed by atoms with van der Waals surface area (Å²) in [5, 5.41) is 11.1. The van der Waals surface area contributed by atoms with Crippen molar-refractivity contribution in [2.75, 3.05) is 6.61 Å². The number of ether oxygens (including phenoxy) is 2. The van der Waals surface area contributed by atoms with Gasteiger partial charge in [-0.25, -0.2) is 0 Å². The Morgan fingerprint density at radius 1 is 1.11 bits per heavy atom. The van der Waals surface area contributed by atoms with Crippen LogP contribution in [-0.2, 0) is 16.1 Å². The Kier molecular flexibility index (Phi) is 6.24. The van der Waals surface area contributed by atoms with E-state index in [4.69, 9.17) is 9.47 Å². The second-order valence-corrected chi connectivity index (χ2v) is 9.62. The van der Waals surface area contributed by atoms with Gasteiger partial charge < -0.3 is 14.6 Å². The molecule has 1 aliphatic heterocycles. The van der Waals surface area contributed by atoms with E-state index in [1.807, 2.05) is 0 Å². The summed E-state index contributed by atoms with van der Waals surface area (Å²) in [7, 11) is 0. The molecule has 3 aliphatic rings. The molecule has 1 fully saturated rings. The van der Waals surface area contributed by atoms with E-state index >= 15 is 0 Å². The molecule has 2 aliphatic carbocycles. The number of aliphatic hydroxyl groups is 1. The summed E-state index contributed by atoms with van der Waals surface area (Å²) in [6, 6.07) is 8.36. The molecule has 1 aromatic carbocycles. The zero-order valence-electron chi connectivity index (χ0n) is 17.6. The molecule has 4 rings (SSSR count). The number of hydrogen-bond donors (Lipinski definition) is 1. The maximum absolute atomic E-state index is 11.1.